The summed E-state index contributed by atoms with van der Waals surface area (Å²) in [7, 11) is 0. The van der Waals surface area contributed by atoms with E-state index in [1.165, 1.54) is 29.2 Å². The number of hydrogen-bond acceptors (Lipinski definition) is 4. The van der Waals surface area contributed by atoms with Crippen LogP contribution < -0.4 is 11.1 Å². The van der Waals surface area contributed by atoms with Crippen molar-refractivity contribution in [3.8, 4) is 0 Å². The minimum Gasteiger partial charge on any atom is -0.366 e. The van der Waals surface area contributed by atoms with Crippen LogP contribution in [0.15, 0.2) is 36.4 Å². The van der Waals surface area contributed by atoms with Gasteiger partial charge in [-0.2, -0.15) is 0 Å². The lowest BCUT2D eigenvalue weighted by Gasteiger charge is -2.37. The van der Waals surface area contributed by atoms with Crippen molar-refractivity contribution in [3.63, 3.8) is 0 Å². The molecule has 9 heteroatoms. The summed E-state index contributed by atoms with van der Waals surface area (Å²) < 4.78 is 28.0. The zero-order chi connectivity index (χ0) is 22.4. The molecule has 2 heterocycles. The van der Waals surface area contributed by atoms with Gasteiger partial charge in [-0.1, -0.05) is 13.0 Å². The Morgan fingerprint density at radius 3 is 2.55 bits per heavy atom. The molecule has 0 bridgehead atoms. The first-order chi connectivity index (χ1) is 14.7. The number of carbonyl (C=O) groups excluding carboxylic acids is 4. The van der Waals surface area contributed by atoms with Crippen molar-refractivity contribution in [1.82, 2.24) is 10.2 Å². The Labute approximate surface area is 176 Å². The monoisotopic (exact) mass is 427 g/mol. The van der Waals surface area contributed by atoms with Crippen LogP contribution in [0.4, 0.5) is 8.78 Å². The van der Waals surface area contributed by atoms with Gasteiger partial charge in [-0.25, -0.2) is 8.78 Å². The van der Waals surface area contributed by atoms with Gasteiger partial charge in [0.15, 0.2) is 0 Å². The van der Waals surface area contributed by atoms with Gasteiger partial charge in [0, 0.05) is 29.5 Å². The van der Waals surface area contributed by atoms with Gasteiger partial charge in [0.1, 0.15) is 17.7 Å². The molecule has 31 heavy (non-hydrogen) atoms. The molecule has 3 atom stereocenters. The average Bonchev–Trinajstić information content (AvgIpc) is 2.99. The molecular weight excluding hydrogens is 408 g/mol. The molecule has 2 aliphatic rings. The summed E-state index contributed by atoms with van der Waals surface area (Å²) in [4.78, 5) is 50.5. The summed E-state index contributed by atoms with van der Waals surface area (Å²) in [5, 5.41) is 2.23. The zero-order valence-corrected chi connectivity index (χ0v) is 16.5. The number of imide groups is 1. The fourth-order valence-electron chi connectivity index (χ4n) is 4.40. The lowest BCUT2D eigenvalue weighted by Crippen LogP contribution is -2.54. The largest absolute Gasteiger partial charge is 0.366 e. The predicted octanol–water partition coefficient (Wildman–Crippen LogP) is 2.17. The van der Waals surface area contributed by atoms with Crippen LogP contribution in [0.3, 0.4) is 0 Å². The first-order valence-electron chi connectivity index (χ1n) is 9.74. The quantitative estimate of drug-likeness (QED) is 0.729. The molecule has 1 fully saturated rings. The number of piperidine rings is 1. The Kier molecular flexibility index (Phi) is 5.04. The van der Waals surface area contributed by atoms with Gasteiger partial charge in [-0.15, -0.1) is 0 Å². The van der Waals surface area contributed by atoms with Crippen molar-refractivity contribution >= 4 is 23.6 Å². The third kappa shape index (κ3) is 3.45. The number of nitrogens with two attached hydrogens (primary N) is 1. The first-order valence-corrected chi connectivity index (χ1v) is 9.74. The fraction of sp³-hybridized carbons (Fsp3) is 0.273. The molecule has 0 spiro atoms. The van der Waals surface area contributed by atoms with Crippen LogP contribution in [0, 0.1) is 11.6 Å². The number of primary amides is 1. The second-order valence-electron chi connectivity index (χ2n) is 7.74. The Balaban J connectivity index is 1.85. The second kappa shape index (κ2) is 7.57. The van der Waals surface area contributed by atoms with Gasteiger partial charge in [-0.3, -0.25) is 24.5 Å². The molecule has 2 aromatic rings. The molecule has 0 aliphatic carbocycles. The molecule has 0 radical (unpaired) electrons. The molecule has 7 nitrogen and oxygen atoms in total. The molecule has 1 saturated heterocycles. The van der Waals surface area contributed by atoms with Crippen LogP contribution in [0.2, 0.25) is 0 Å². The number of nitrogens with one attached hydrogen (secondary N) is 1. The lowest BCUT2D eigenvalue weighted by molar-refractivity contribution is -0.137. The van der Waals surface area contributed by atoms with Crippen LogP contribution in [0.1, 0.15) is 63.6 Å². The Morgan fingerprint density at radius 1 is 1.16 bits per heavy atom. The molecule has 4 rings (SSSR count). The molecule has 160 valence electrons. The summed E-state index contributed by atoms with van der Waals surface area (Å²) in [5.41, 5.74) is 6.37. The second-order valence-corrected chi connectivity index (χ2v) is 7.74. The van der Waals surface area contributed by atoms with E-state index in [-0.39, 0.29) is 29.5 Å². The molecule has 4 amide bonds. The number of amides is 4. The van der Waals surface area contributed by atoms with E-state index in [9.17, 15) is 28.0 Å². The number of carbonyl (C=O) groups is 4. The van der Waals surface area contributed by atoms with Crippen LogP contribution >= 0.6 is 0 Å². The predicted molar refractivity (Wildman–Crippen MR) is 105 cm³/mol. The summed E-state index contributed by atoms with van der Waals surface area (Å²) in [6, 6.07) is 5.69. The highest BCUT2D eigenvalue weighted by molar-refractivity contribution is 6.06. The minimum absolute atomic E-state index is 0.0507. The number of hydrogen-bond donors (Lipinski definition) is 2. The Hall–Kier alpha value is -3.62. The topological polar surface area (TPSA) is 110 Å². The third-order valence-corrected chi connectivity index (χ3v) is 5.89. The summed E-state index contributed by atoms with van der Waals surface area (Å²) in [6.07, 6.45) is 0.164. The van der Waals surface area contributed by atoms with Gasteiger partial charge < -0.3 is 10.6 Å². The Morgan fingerprint density at radius 2 is 1.90 bits per heavy atom. The highest BCUT2D eigenvalue weighted by Gasteiger charge is 2.47. The van der Waals surface area contributed by atoms with Crippen LogP contribution in [-0.2, 0) is 9.59 Å². The SMILES string of the molecule is C[C@@H](c1ccc(F)cc1F)C1c2cc(C(N)=O)ccc2C(=O)N1C1CCC(=O)NC1=O. The van der Waals surface area contributed by atoms with E-state index >= 15 is 0 Å². The number of fused-ring (bicyclic) bond motifs is 1. The summed E-state index contributed by atoms with van der Waals surface area (Å²) in [5.74, 6) is -4.45. The van der Waals surface area contributed by atoms with E-state index in [0.29, 0.717) is 5.56 Å². The smallest absolute Gasteiger partial charge is 0.255 e. The molecule has 3 N–H and O–H groups in total. The van der Waals surface area contributed by atoms with Crippen LogP contribution in [-0.4, -0.2) is 34.6 Å². The number of halogens is 2. The molecule has 2 aromatic carbocycles. The number of nitrogens with zero attached hydrogens (tertiary/aromatic N) is 1. The summed E-state index contributed by atoms with van der Waals surface area (Å²) >= 11 is 0. The van der Waals surface area contributed by atoms with Crippen molar-refractivity contribution in [2.45, 2.75) is 37.8 Å². The summed E-state index contributed by atoms with van der Waals surface area (Å²) in [6.45, 7) is 1.65. The van der Waals surface area contributed by atoms with Gasteiger partial charge in [-0.05, 0) is 41.8 Å². The van der Waals surface area contributed by atoms with Crippen LogP contribution in [0.5, 0.6) is 0 Å². The maximum atomic E-state index is 14.6. The lowest BCUT2D eigenvalue weighted by atomic mass is 9.86. The van der Waals surface area contributed by atoms with E-state index < -0.39 is 53.3 Å². The van der Waals surface area contributed by atoms with Crippen molar-refractivity contribution < 1.29 is 28.0 Å². The van der Waals surface area contributed by atoms with E-state index in [1.54, 1.807) is 6.92 Å². The Bertz CT molecular complexity index is 1130. The fourth-order valence-corrected chi connectivity index (χ4v) is 4.40. The van der Waals surface area contributed by atoms with Crippen molar-refractivity contribution in [1.29, 1.82) is 0 Å². The van der Waals surface area contributed by atoms with Crippen LogP contribution in [0.25, 0.3) is 0 Å². The van der Waals surface area contributed by atoms with E-state index in [4.69, 9.17) is 5.73 Å². The first kappa shape index (κ1) is 20.6. The molecule has 0 saturated carbocycles. The normalized spacial score (nSPS) is 21.6. The minimum atomic E-state index is -0.953. The van der Waals surface area contributed by atoms with Crippen molar-refractivity contribution in [2.75, 3.05) is 0 Å². The van der Waals surface area contributed by atoms with Crippen molar-refractivity contribution in [3.05, 3.63) is 70.3 Å². The average molecular weight is 427 g/mol. The van der Waals surface area contributed by atoms with E-state index in [1.807, 2.05) is 0 Å². The van der Waals surface area contributed by atoms with E-state index in [0.717, 1.165) is 12.1 Å². The number of benzene rings is 2. The van der Waals surface area contributed by atoms with Gasteiger partial charge in [0.05, 0.1) is 6.04 Å². The zero-order valence-electron chi connectivity index (χ0n) is 16.5. The molecule has 0 aromatic heterocycles. The van der Waals surface area contributed by atoms with E-state index in [2.05, 4.69) is 5.32 Å². The highest BCUT2D eigenvalue weighted by Crippen LogP contribution is 2.45. The highest BCUT2D eigenvalue weighted by atomic mass is 19.1. The maximum absolute atomic E-state index is 14.6. The van der Waals surface area contributed by atoms with Crippen molar-refractivity contribution in [2.24, 2.45) is 5.73 Å². The van der Waals surface area contributed by atoms with Gasteiger partial charge in [0.2, 0.25) is 17.7 Å². The molecule has 2 unspecified atom stereocenters. The standard InChI is InChI=1S/C22H19F2N3O4/c1-10(13-5-3-12(23)9-16(13)24)19-15-8-11(20(25)29)2-4-14(15)22(31)27(19)17-6-7-18(28)26-21(17)30/h2-5,8-10,17,19H,6-7H2,1H3,(H2,25,29)(H,26,28,30)/t10-,17?,19?/m0/s1. The molecule has 2 aliphatic heterocycles. The third-order valence-electron chi connectivity index (χ3n) is 5.89. The maximum Gasteiger partial charge on any atom is 0.255 e. The number of rotatable bonds is 4. The van der Waals surface area contributed by atoms with Gasteiger partial charge >= 0.3 is 0 Å². The van der Waals surface area contributed by atoms with Gasteiger partial charge in [0.25, 0.3) is 5.91 Å². The molecular formula is C22H19F2N3O4.